The van der Waals surface area contributed by atoms with Gasteiger partial charge in [0.25, 0.3) is 0 Å². The quantitative estimate of drug-likeness (QED) is 0.260. The number of aliphatic hydroxyl groups is 1. The smallest absolute Gasteiger partial charge is 0.326 e. The van der Waals surface area contributed by atoms with Crippen molar-refractivity contribution in [3.05, 3.63) is 0 Å². The average molecular weight is 1140 g/mol. The maximum Gasteiger partial charge on any atom is 0.326 e. The van der Waals surface area contributed by atoms with E-state index in [1.165, 1.54) is 108 Å². The van der Waals surface area contributed by atoms with Gasteiger partial charge < -0.3 is 5.11 Å². The molecule has 82 heavy (non-hydrogen) atoms. The van der Waals surface area contributed by atoms with Gasteiger partial charge >= 0.3 is 66.3 Å². The van der Waals surface area contributed by atoms with E-state index in [1.54, 1.807) is 79.0 Å². The maximum atomic E-state index is 16.1. The van der Waals surface area contributed by atoms with Gasteiger partial charge in [-0.15, -0.1) is 0 Å². The van der Waals surface area contributed by atoms with Gasteiger partial charge in [-0.3, -0.25) is 108 Å². The third-order valence-electron chi connectivity index (χ3n) is 22.8. The summed E-state index contributed by atoms with van der Waals surface area (Å²) >= 11 is 0. The van der Waals surface area contributed by atoms with E-state index in [1.807, 2.05) is 0 Å². The molecule has 1 N–H and O–H groups in total. The van der Waals surface area contributed by atoms with Crippen LogP contribution >= 0.6 is 0 Å². The van der Waals surface area contributed by atoms with E-state index in [0.29, 0.717) is 0 Å². The molecule has 434 valence electrons. The lowest BCUT2D eigenvalue weighted by Crippen LogP contribution is -2.71. The molecule has 0 aromatic heterocycles. The Hall–Kier alpha value is -8.15. The number of nitrogens with zero attached hydrogens (tertiary/aromatic N) is 24. The van der Waals surface area contributed by atoms with E-state index < -0.39 is 222 Å². The topological polar surface area (TPSA) is 286 Å². The van der Waals surface area contributed by atoms with Crippen LogP contribution in [-0.2, 0) is 0 Å². The van der Waals surface area contributed by atoms with Crippen LogP contribution in [0.2, 0.25) is 0 Å². The third kappa shape index (κ3) is 4.12. The Morgan fingerprint density at radius 1 is 0.220 bits per heavy atom. The zero-order valence-corrected chi connectivity index (χ0v) is 45.9. The first-order valence-corrected chi connectivity index (χ1v) is 28.3. The highest BCUT2D eigenvalue weighted by molar-refractivity contribution is 5.95. The lowest BCUT2D eigenvalue weighted by atomic mass is 10.2. The van der Waals surface area contributed by atoms with Crippen molar-refractivity contribution in [3.8, 4) is 0 Å². The molecule has 0 saturated carbocycles. The van der Waals surface area contributed by atoms with Crippen molar-refractivity contribution < 1.29 is 57.8 Å². The van der Waals surface area contributed by atoms with Crippen LogP contribution in [0.4, 0.5) is 52.7 Å². The van der Waals surface area contributed by atoms with E-state index in [-0.39, 0.29) is 0 Å². The Kier molecular flexibility index (Phi) is 7.56. The summed E-state index contributed by atoms with van der Waals surface area (Å²) in [7, 11) is 0. The summed E-state index contributed by atoms with van der Waals surface area (Å²) in [5.41, 5.74) is 0. The molecular formula is C46H58N24O12. The first-order valence-electron chi connectivity index (χ1n) is 28.3. The van der Waals surface area contributed by atoms with Gasteiger partial charge in [-0.25, -0.2) is 62.5 Å². The molecule has 18 aliphatic rings. The number of carbonyl (C=O) groups excluding carboxylic acids is 11. The molecule has 0 bridgehead atoms. The Morgan fingerprint density at radius 3 is 0.622 bits per heavy atom. The zero-order valence-electron chi connectivity index (χ0n) is 45.9. The molecular weight excluding hydrogens is 1080 g/mol. The number of amides is 22. The first-order chi connectivity index (χ1) is 39.0. The van der Waals surface area contributed by atoms with Crippen molar-refractivity contribution in [2.45, 2.75) is 211 Å². The lowest BCUT2D eigenvalue weighted by molar-refractivity contribution is -0.180. The molecule has 18 aliphatic heterocycles. The molecule has 0 radical (unpaired) electrons. The minimum atomic E-state index is -1.66. The second-order valence-corrected chi connectivity index (χ2v) is 25.1. The fraction of sp³-hybridized carbons (Fsp3) is 0.761. The van der Waals surface area contributed by atoms with Gasteiger partial charge in [0.2, 0.25) is 0 Å². The fourth-order valence-electron chi connectivity index (χ4n) is 19.6. The monoisotopic (exact) mass is 1140 g/mol. The highest BCUT2D eigenvalue weighted by Gasteiger charge is 2.80. The third-order valence-corrected chi connectivity index (χ3v) is 22.8. The van der Waals surface area contributed by atoms with Crippen molar-refractivity contribution in [2.75, 3.05) is 13.3 Å². The molecule has 36 nitrogen and oxygen atoms in total. The molecule has 0 aromatic rings. The van der Waals surface area contributed by atoms with Gasteiger partial charge in [-0.05, 0) is 69.2 Å². The summed E-state index contributed by atoms with van der Waals surface area (Å²) in [6, 6.07) is -7.19. The van der Waals surface area contributed by atoms with Crippen LogP contribution in [-0.4, -0.2) is 344 Å². The number of urea groups is 11. The molecule has 22 unspecified atom stereocenters. The molecule has 18 rings (SSSR count). The molecule has 22 atom stereocenters. The van der Waals surface area contributed by atoms with E-state index in [0.717, 1.165) is 0 Å². The molecule has 0 spiro atoms. The van der Waals surface area contributed by atoms with Crippen LogP contribution in [0, 0.1) is 0 Å². The van der Waals surface area contributed by atoms with Gasteiger partial charge in [0.05, 0.1) is 12.3 Å². The number of hydrogen-bond acceptors (Lipinski definition) is 14. The molecule has 18 saturated heterocycles. The van der Waals surface area contributed by atoms with E-state index >= 15 is 52.7 Å². The Balaban J connectivity index is 0.882. The molecule has 18 fully saturated rings. The van der Waals surface area contributed by atoms with E-state index in [2.05, 4.69) is 0 Å². The normalized spacial score (nSPS) is 47.4. The van der Waals surface area contributed by atoms with Crippen molar-refractivity contribution >= 4 is 66.3 Å². The SMILES string of the molecule is CC1N2C(=O)N3C4C2N2CN5C(=O)N6C(C)N7C(=O)N8C9C7N(C(=O)N9C(C)N7C(=O)N9C(C)N%10C(=O)N%11C(C)N%12C(=O)N(C%13C%12N(C(=O)N%13CN4C2=O)C(C)N2C(=O)N(C%10C%112)C(C)N2C9C7N(C8C)C2O)C3C)C(C)N2C(=O)N1C5C26. The van der Waals surface area contributed by atoms with Crippen LogP contribution in [0.5, 0.6) is 0 Å². The summed E-state index contributed by atoms with van der Waals surface area (Å²) in [5, 5.41) is 13.3. The summed E-state index contributed by atoms with van der Waals surface area (Å²) < 4.78 is 0. The van der Waals surface area contributed by atoms with Crippen LogP contribution in [0.15, 0.2) is 0 Å². The zero-order chi connectivity index (χ0) is 56.9. The van der Waals surface area contributed by atoms with Gasteiger partial charge in [0, 0.05) is 0 Å². The minimum Gasteiger partial charge on any atom is -0.365 e. The van der Waals surface area contributed by atoms with Crippen molar-refractivity contribution in [1.29, 1.82) is 0 Å². The second-order valence-electron chi connectivity index (χ2n) is 25.1. The Morgan fingerprint density at radius 2 is 0.378 bits per heavy atom. The molecule has 22 amide bonds. The number of hydrogen-bond donors (Lipinski definition) is 1. The lowest BCUT2D eigenvalue weighted by Gasteiger charge is -2.51. The standard InChI is InChI=1S/C46H58N24O12/c1-13-51-23-24-48-12-50-26-28-56(37(50)73)16(4)60-30-32-64(42(60)78)20(8)68-34-33-67(45(68)81)19(7)63-31-29-59(41(63)77)15(3)55-27-25(49(36(55)72)11-47(23)35(48)71)53(13)39(75)57(27)17(5)61(29)43(79)65(31)21(9)69(33)46(82)70(34)22(10)66(32)44(80)62(30)18(6)58(28)40(76)54(26)14(2)52(24)38(51)74/h13-34,45,81H,11-12H2,1-10H3. The largest absolute Gasteiger partial charge is 0.365 e. The Bertz CT molecular complexity index is 3090. The predicted molar refractivity (Wildman–Crippen MR) is 259 cm³/mol. The van der Waals surface area contributed by atoms with Crippen molar-refractivity contribution in [1.82, 2.24) is 118 Å². The number of aliphatic hydroxyl groups excluding tert-OH is 1. The highest BCUT2D eigenvalue weighted by atomic mass is 16.3. The van der Waals surface area contributed by atoms with Crippen LogP contribution in [0.1, 0.15) is 69.2 Å². The number of carbonyl (C=O) groups is 11. The molecule has 0 aromatic carbocycles. The summed E-state index contributed by atoms with van der Waals surface area (Å²) in [5.74, 6) is 0. The second kappa shape index (κ2) is 13.3. The minimum absolute atomic E-state index is 0.487. The number of rotatable bonds is 0. The van der Waals surface area contributed by atoms with Gasteiger partial charge in [-0.2, -0.15) is 0 Å². The van der Waals surface area contributed by atoms with E-state index in [9.17, 15) is 5.11 Å². The van der Waals surface area contributed by atoms with Gasteiger partial charge in [-0.1, -0.05) is 0 Å². The van der Waals surface area contributed by atoms with Crippen molar-refractivity contribution in [2.24, 2.45) is 0 Å². The molecule has 0 aliphatic carbocycles. The van der Waals surface area contributed by atoms with Crippen LogP contribution < -0.4 is 0 Å². The first kappa shape index (κ1) is 46.5. The summed E-state index contributed by atoms with van der Waals surface area (Å²) in [4.78, 5) is 210. The van der Waals surface area contributed by atoms with E-state index in [4.69, 9.17) is 0 Å². The van der Waals surface area contributed by atoms with Crippen LogP contribution in [0.25, 0.3) is 0 Å². The summed E-state index contributed by atoms with van der Waals surface area (Å²) in [6.45, 7) is 15.4. The molecule has 36 heteroatoms. The van der Waals surface area contributed by atoms with Crippen molar-refractivity contribution in [3.63, 3.8) is 0 Å². The summed E-state index contributed by atoms with van der Waals surface area (Å²) in [6.07, 6.45) is -28.5. The van der Waals surface area contributed by atoms with Gasteiger partial charge in [0.1, 0.15) is 75.0 Å². The van der Waals surface area contributed by atoms with Crippen LogP contribution in [0.3, 0.4) is 0 Å². The average Bonchev–Trinajstić information content (AvgIpc) is 1.64. The van der Waals surface area contributed by atoms with Gasteiger partial charge in [0.15, 0.2) is 68.0 Å². The maximum absolute atomic E-state index is 16.1. The predicted octanol–water partition coefficient (Wildman–Crippen LogP) is -2.62. The highest BCUT2D eigenvalue weighted by Crippen LogP contribution is 2.57. The Labute approximate surface area is 465 Å². The molecule has 18 heterocycles. The fourth-order valence-corrected chi connectivity index (χ4v) is 19.6.